The summed E-state index contributed by atoms with van der Waals surface area (Å²) < 4.78 is 16.4. The van der Waals surface area contributed by atoms with Crippen molar-refractivity contribution in [2.45, 2.75) is 104 Å². The molecule has 4 aliphatic rings. The van der Waals surface area contributed by atoms with Crippen LogP contribution in [0.4, 0.5) is 0 Å². The van der Waals surface area contributed by atoms with Crippen LogP contribution in [-0.2, 0) is 9.31 Å². The van der Waals surface area contributed by atoms with E-state index in [0.717, 1.165) is 12.3 Å². The Morgan fingerprint density at radius 1 is 1.08 bits per heavy atom. The van der Waals surface area contributed by atoms with Gasteiger partial charge in [0.2, 0.25) is 0 Å². The van der Waals surface area contributed by atoms with Crippen LogP contribution in [0.25, 0.3) is 0 Å². The third-order valence-electron chi connectivity index (χ3n) is 7.34. The fourth-order valence-electron chi connectivity index (χ4n) is 6.41. The minimum Gasteiger partial charge on any atom is -0.404 e. The predicted molar refractivity (Wildman–Crippen MR) is 113 cm³/mol. The van der Waals surface area contributed by atoms with Gasteiger partial charge in [-0.3, -0.25) is 0 Å². The van der Waals surface area contributed by atoms with E-state index < -0.39 is 16.5 Å². The number of hydrogen-bond donors (Lipinski definition) is 0. The summed E-state index contributed by atoms with van der Waals surface area (Å²) in [5.41, 5.74) is 0.368. The fourth-order valence-corrected chi connectivity index (χ4v) is 17.1. The molecule has 0 aromatic rings. The third-order valence-corrected chi connectivity index (χ3v) is 14.9. The molecule has 0 aromatic heterocycles. The summed E-state index contributed by atoms with van der Waals surface area (Å²) in [4.78, 5) is 0. The zero-order valence-corrected chi connectivity index (χ0v) is 20.3. The van der Waals surface area contributed by atoms with E-state index in [1.807, 2.05) is 0 Å². The van der Waals surface area contributed by atoms with Crippen LogP contribution >= 0.6 is 0 Å². The van der Waals surface area contributed by atoms with Crippen molar-refractivity contribution in [2.24, 2.45) is 17.3 Å². The summed E-state index contributed by atoms with van der Waals surface area (Å²) in [6, 6.07) is 0. The zero-order valence-electron chi connectivity index (χ0n) is 18.3. The summed E-state index contributed by atoms with van der Waals surface area (Å²) in [7, 11) is -2.94. The van der Waals surface area contributed by atoms with Gasteiger partial charge < -0.3 is 13.5 Å². The summed E-state index contributed by atoms with van der Waals surface area (Å²) in [6.07, 6.45) is 3.91. The monoisotopic (exact) mass is 381 g/mol. The summed E-state index contributed by atoms with van der Waals surface area (Å²) in [5, 5.41) is 0. The van der Waals surface area contributed by atoms with Crippen LogP contribution in [0.2, 0.25) is 39.3 Å². The zero-order chi connectivity index (χ0) is 19.0. The third kappa shape index (κ3) is 3.14. The fraction of sp³-hybridized carbons (Fsp3) is 1.00. The second kappa shape index (κ2) is 5.94. The van der Waals surface area contributed by atoms with Gasteiger partial charge in [-0.15, -0.1) is 0 Å². The van der Waals surface area contributed by atoms with Gasteiger partial charge in [-0.25, -0.2) is 0 Å². The highest BCUT2D eigenvalue weighted by Gasteiger charge is 2.67. The van der Waals surface area contributed by atoms with Crippen molar-refractivity contribution in [1.82, 2.24) is 4.23 Å². The molecule has 0 N–H and O–H groups in total. The van der Waals surface area contributed by atoms with Crippen LogP contribution < -0.4 is 0 Å². The van der Waals surface area contributed by atoms with Crippen LogP contribution in [0.3, 0.4) is 0 Å². The number of rotatable bonds is 5. The van der Waals surface area contributed by atoms with Gasteiger partial charge in [-0.1, -0.05) is 60.1 Å². The average molecular weight is 382 g/mol. The van der Waals surface area contributed by atoms with Crippen molar-refractivity contribution < 1.29 is 9.31 Å². The van der Waals surface area contributed by atoms with Crippen molar-refractivity contribution in [3.05, 3.63) is 0 Å². The minimum absolute atomic E-state index is 0.0476. The van der Waals surface area contributed by atoms with Crippen LogP contribution in [0, 0.1) is 17.3 Å². The highest BCUT2D eigenvalue weighted by atomic mass is 28.4. The van der Waals surface area contributed by atoms with Crippen molar-refractivity contribution in [3.63, 3.8) is 0 Å². The summed E-state index contributed by atoms with van der Waals surface area (Å²) in [5.74, 6) is 1.89. The lowest BCUT2D eigenvalue weighted by Gasteiger charge is -2.63. The molecule has 0 radical (unpaired) electrons. The molecule has 1 heterocycles. The van der Waals surface area contributed by atoms with E-state index in [-0.39, 0.29) is 18.8 Å². The molecule has 6 heteroatoms. The van der Waals surface area contributed by atoms with Crippen molar-refractivity contribution >= 4 is 23.6 Å². The van der Waals surface area contributed by atoms with Gasteiger partial charge in [-0.05, 0) is 43.4 Å². The first-order chi connectivity index (χ1) is 11.2. The Morgan fingerprint density at radius 2 is 1.64 bits per heavy atom. The topological polar surface area (TPSA) is 21.7 Å². The maximum absolute atomic E-state index is 6.76. The Morgan fingerprint density at radius 3 is 2.08 bits per heavy atom. The van der Waals surface area contributed by atoms with Crippen molar-refractivity contribution in [2.75, 3.05) is 0 Å². The molecule has 144 valence electrons. The Bertz CT molecular complexity index is 516. The lowest BCUT2D eigenvalue weighted by Crippen LogP contribution is -2.67. The van der Waals surface area contributed by atoms with Crippen LogP contribution in [0.1, 0.15) is 47.0 Å². The van der Waals surface area contributed by atoms with E-state index in [9.17, 15) is 0 Å². The SMILES string of the molecule is CC[C@H](B1O[C@@H]2C3C[C@H](C[C@]2(C)O1)C3(C)C)N([Si](C)(C)C)[Si](C)(C)C. The Hall–Kier alpha value is 0.379. The molecule has 0 aromatic carbocycles. The van der Waals surface area contributed by atoms with Gasteiger partial charge in [0.05, 0.1) is 11.7 Å². The first-order valence-electron chi connectivity index (χ1n) is 10.3. The Labute approximate surface area is 158 Å². The van der Waals surface area contributed by atoms with Crippen LogP contribution in [0.15, 0.2) is 0 Å². The predicted octanol–water partition coefficient (Wildman–Crippen LogP) is 5.00. The van der Waals surface area contributed by atoms with E-state index in [0.29, 0.717) is 17.3 Å². The van der Waals surface area contributed by atoms with E-state index in [1.54, 1.807) is 0 Å². The Kier molecular flexibility index (Phi) is 4.78. The van der Waals surface area contributed by atoms with Crippen LogP contribution in [-0.4, -0.2) is 45.5 Å². The summed E-state index contributed by atoms with van der Waals surface area (Å²) >= 11 is 0. The molecule has 1 aliphatic heterocycles. The van der Waals surface area contributed by atoms with Gasteiger partial charge in [0.1, 0.15) is 16.5 Å². The maximum Gasteiger partial charge on any atom is 0.474 e. The molecule has 2 bridgehead atoms. The molecule has 4 rings (SSSR count). The molecule has 1 saturated heterocycles. The molecule has 3 saturated carbocycles. The average Bonchev–Trinajstić information content (AvgIpc) is 2.78. The standard InChI is InChI=1S/C19H40BNO2Si2/c1-11-16(21(24(5,6)7)25(8,9)10)20-22-17-15-12-14(18(15,2)3)13-19(17,4)23-20/h14-17H,11-13H2,1-10H3/t14-,15?,16-,17-,19+/m1/s1. The summed E-state index contributed by atoms with van der Waals surface area (Å²) in [6.45, 7) is 24.4. The molecule has 0 spiro atoms. The lowest BCUT2D eigenvalue weighted by molar-refractivity contribution is -0.185. The first kappa shape index (κ1) is 20.1. The second-order valence-electron chi connectivity index (χ2n) is 11.6. The molecular weight excluding hydrogens is 341 g/mol. The molecule has 0 amide bonds. The Balaban J connectivity index is 1.86. The second-order valence-corrected chi connectivity index (χ2v) is 21.7. The molecule has 3 aliphatic carbocycles. The van der Waals surface area contributed by atoms with Crippen LogP contribution in [0.5, 0.6) is 0 Å². The van der Waals surface area contributed by atoms with Gasteiger partial charge in [0, 0.05) is 5.94 Å². The first-order valence-corrected chi connectivity index (χ1v) is 17.2. The molecule has 4 fully saturated rings. The van der Waals surface area contributed by atoms with Crippen molar-refractivity contribution in [3.8, 4) is 0 Å². The normalized spacial score (nSPS) is 38.5. The molecule has 25 heavy (non-hydrogen) atoms. The van der Waals surface area contributed by atoms with Gasteiger partial charge >= 0.3 is 7.12 Å². The van der Waals surface area contributed by atoms with E-state index in [4.69, 9.17) is 9.31 Å². The highest BCUT2D eigenvalue weighted by Crippen LogP contribution is 2.64. The van der Waals surface area contributed by atoms with E-state index >= 15 is 0 Å². The molecule has 5 atom stereocenters. The molecule has 1 unspecified atom stereocenters. The number of hydrogen-bond acceptors (Lipinski definition) is 3. The van der Waals surface area contributed by atoms with Crippen molar-refractivity contribution in [1.29, 1.82) is 0 Å². The lowest BCUT2D eigenvalue weighted by atomic mass is 9.45. The quantitative estimate of drug-likeness (QED) is 0.625. The van der Waals surface area contributed by atoms with Gasteiger partial charge in [-0.2, -0.15) is 0 Å². The smallest absolute Gasteiger partial charge is 0.404 e. The molecule has 3 nitrogen and oxygen atoms in total. The van der Waals surface area contributed by atoms with E-state index in [2.05, 4.69) is 71.2 Å². The van der Waals surface area contributed by atoms with Gasteiger partial charge in [0.25, 0.3) is 0 Å². The number of nitrogens with zero attached hydrogens (tertiary/aromatic N) is 1. The highest BCUT2D eigenvalue weighted by molar-refractivity contribution is 6.90. The van der Waals surface area contributed by atoms with E-state index in [1.165, 1.54) is 12.8 Å². The maximum atomic E-state index is 6.76. The largest absolute Gasteiger partial charge is 0.474 e. The minimum atomic E-state index is -1.45. The molecular formula is C19H40BNO2Si2. The van der Waals surface area contributed by atoms with Gasteiger partial charge in [0.15, 0.2) is 0 Å².